The number of ether oxygens (including phenoxy) is 1. The number of allylic oxidation sites excluding steroid dienone is 2. The van der Waals surface area contributed by atoms with Gasteiger partial charge in [0, 0.05) is 17.5 Å². The molecule has 3 aromatic carbocycles. The Labute approximate surface area is 194 Å². The number of nitrogens with two attached hydrogens (primary N) is 1. The molecule has 0 saturated heterocycles. The van der Waals surface area contributed by atoms with Crippen LogP contribution in [0, 0.1) is 5.41 Å². The Bertz CT molecular complexity index is 1190. The summed E-state index contributed by atoms with van der Waals surface area (Å²) in [6.07, 6.45) is 6.10. The average Bonchev–Trinajstić information content (AvgIpc) is 2.83. The van der Waals surface area contributed by atoms with Crippen molar-refractivity contribution in [3.63, 3.8) is 0 Å². The van der Waals surface area contributed by atoms with Crippen LogP contribution in [0.3, 0.4) is 0 Å². The molecule has 3 aromatic rings. The minimum absolute atomic E-state index is 0.378. The van der Waals surface area contributed by atoms with Crippen molar-refractivity contribution in [2.45, 2.75) is 20.3 Å². The predicted octanol–water partition coefficient (Wildman–Crippen LogP) is 6.13. The normalized spacial score (nSPS) is 11.8. The Morgan fingerprint density at radius 2 is 1.64 bits per heavy atom. The number of hydrogen-bond donors (Lipinski definition) is 3. The van der Waals surface area contributed by atoms with Crippen molar-refractivity contribution in [1.29, 1.82) is 5.41 Å². The minimum atomic E-state index is -1.01. The molecule has 0 atom stereocenters. The molecule has 0 bridgehead atoms. The van der Waals surface area contributed by atoms with Gasteiger partial charge >= 0.3 is 5.97 Å². The van der Waals surface area contributed by atoms with E-state index >= 15 is 0 Å². The molecule has 0 spiro atoms. The molecule has 0 amide bonds. The number of anilines is 1. The third kappa shape index (κ3) is 5.77. The summed E-state index contributed by atoms with van der Waals surface area (Å²) in [6, 6.07) is 21.6. The van der Waals surface area contributed by atoms with Crippen molar-refractivity contribution in [2.24, 2.45) is 0 Å². The zero-order valence-electron chi connectivity index (χ0n) is 18.8. The molecule has 0 aliphatic rings. The number of nitrogens with one attached hydrogen (secondary N) is 1. The Kier molecular flexibility index (Phi) is 7.82. The molecular weight excluding hydrogens is 412 g/mol. The summed E-state index contributed by atoms with van der Waals surface area (Å²) in [5.41, 5.74) is 13.6. The van der Waals surface area contributed by atoms with Gasteiger partial charge in [0.1, 0.15) is 5.75 Å². The van der Waals surface area contributed by atoms with Gasteiger partial charge in [-0.2, -0.15) is 0 Å². The zero-order valence-corrected chi connectivity index (χ0v) is 18.8. The van der Waals surface area contributed by atoms with Gasteiger partial charge in [0.2, 0.25) is 0 Å². The first-order valence-corrected chi connectivity index (χ1v) is 10.8. The number of aliphatic carboxylic acids is 1. The molecule has 3 rings (SSSR count). The highest BCUT2D eigenvalue weighted by atomic mass is 16.5. The number of carbonyl (C=O) groups is 1. The second-order valence-electron chi connectivity index (χ2n) is 7.52. The van der Waals surface area contributed by atoms with Gasteiger partial charge in [-0.25, -0.2) is 4.79 Å². The minimum Gasteiger partial charge on any atom is -0.482 e. The van der Waals surface area contributed by atoms with Gasteiger partial charge in [0.15, 0.2) is 6.61 Å². The molecule has 0 heterocycles. The molecule has 0 aliphatic carbocycles. The molecular formula is C28H28N2O3. The van der Waals surface area contributed by atoms with Crippen molar-refractivity contribution in [3.8, 4) is 5.75 Å². The molecule has 0 fully saturated rings. The van der Waals surface area contributed by atoms with Crippen LogP contribution in [0.25, 0.3) is 17.2 Å². The zero-order chi connectivity index (χ0) is 23.8. The lowest BCUT2D eigenvalue weighted by atomic mass is 9.87. The smallest absolute Gasteiger partial charge is 0.341 e. The number of carboxylic acids is 1. The van der Waals surface area contributed by atoms with Crippen LogP contribution in [0.15, 0.2) is 72.8 Å². The quantitative estimate of drug-likeness (QED) is 0.212. The Hall–Kier alpha value is -4.12. The van der Waals surface area contributed by atoms with Gasteiger partial charge in [-0.05, 0) is 71.0 Å². The number of benzene rings is 3. The van der Waals surface area contributed by atoms with Gasteiger partial charge in [0.05, 0.1) is 0 Å². The lowest BCUT2D eigenvalue weighted by Gasteiger charge is -2.18. The monoisotopic (exact) mass is 440 g/mol. The van der Waals surface area contributed by atoms with Crippen LogP contribution in [0.4, 0.5) is 5.69 Å². The largest absolute Gasteiger partial charge is 0.482 e. The molecule has 4 N–H and O–H groups in total. The van der Waals surface area contributed by atoms with Crippen molar-refractivity contribution in [2.75, 3.05) is 12.3 Å². The first-order valence-electron chi connectivity index (χ1n) is 10.8. The van der Waals surface area contributed by atoms with E-state index in [9.17, 15) is 4.79 Å². The van der Waals surface area contributed by atoms with Crippen molar-refractivity contribution in [1.82, 2.24) is 0 Å². The molecule has 5 heteroatoms. The third-order valence-corrected chi connectivity index (χ3v) is 5.31. The van der Waals surface area contributed by atoms with Gasteiger partial charge in [-0.3, -0.25) is 0 Å². The van der Waals surface area contributed by atoms with Gasteiger partial charge in [-0.15, -0.1) is 0 Å². The number of hydrogen-bond acceptors (Lipinski definition) is 4. The summed E-state index contributed by atoms with van der Waals surface area (Å²) in [5.74, 6) is -0.505. The highest BCUT2D eigenvalue weighted by molar-refractivity contribution is 6.00. The van der Waals surface area contributed by atoms with E-state index in [2.05, 4.69) is 37.3 Å². The van der Waals surface area contributed by atoms with E-state index in [1.54, 1.807) is 12.1 Å². The summed E-state index contributed by atoms with van der Waals surface area (Å²) in [4.78, 5) is 10.8. The fourth-order valence-electron chi connectivity index (χ4n) is 3.75. The molecule has 5 nitrogen and oxygen atoms in total. The first kappa shape index (κ1) is 23.5. The van der Waals surface area contributed by atoms with E-state index in [1.165, 1.54) is 6.21 Å². The van der Waals surface area contributed by atoms with E-state index in [0.717, 1.165) is 39.8 Å². The maximum absolute atomic E-state index is 10.8. The van der Waals surface area contributed by atoms with Crippen LogP contribution in [0.2, 0.25) is 0 Å². The Morgan fingerprint density at radius 3 is 2.21 bits per heavy atom. The lowest BCUT2D eigenvalue weighted by Crippen LogP contribution is -2.09. The van der Waals surface area contributed by atoms with Crippen LogP contribution in [-0.4, -0.2) is 23.9 Å². The van der Waals surface area contributed by atoms with Crippen molar-refractivity contribution >= 4 is 35.1 Å². The summed E-state index contributed by atoms with van der Waals surface area (Å²) in [6.45, 7) is 3.72. The average molecular weight is 441 g/mol. The summed E-state index contributed by atoms with van der Waals surface area (Å²) in [5, 5.41) is 16.6. The Morgan fingerprint density at radius 1 is 1.00 bits per heavy atom. The number of carboxylic acid groups (broad SMARTS) is 1. The van der Waals surface area contributed by atoms with Crippen molar-refractivity contribution in [3.05, 3.63) is 101 Å². The van der Waals surface area contributed by atoms with Gasteiger partial charge in [0.25, 0.3) is 0 Å². The lowest BCUT2D eigenvalue weighted by molar-refractivity contribution is -0.139. The van der Waals surface area contributed by atoms with Crippen LogP contribution < -0.4 is 10.5 Å². The highest BCUT2D eigenvalue weighted by Gasteiger charge is 2.14. The fourth-order valence-corrected chi connectivity index (χ4v) is 3.75. The van der Waals surface area contributed by atoms with Crippen LogP contribution in [0.5, 0.6) is 5.75 Å². The van der Waals surface area contributed by atoms with Gasteiger partial charge in [-0.1, -0.05) is 61.5 Å². The topological polar surface area (TPSA) is 96.4 Å². The molecule has 0 aromatic heterocycles. The van der Waals surface area contributed by atoms with Gasteiger partial charge < -0.3 is 21.0 Å². The van der Waals surface area contributed by atoms with E-state index in [-0.39, 0.29) is 6.61 Å². The first-order chi connectivity index (χ1) is 16.0. The van der Waals surface area contributed by atoms with E-state index in [4.69, 9.17) is 21.0 Å². The molecule has 0 unspecified atom stereocenters. The molecule has 0 saturated carbocycles. The second-order valence-corrected chi connectivity index (χ2v) is 7.52. The standard InChI is InChI=1S/C28H28N2O3/c1-3-5-19-6-8-21(9-7-19)28(22-12-15-26(30)23(16-22)17-29)25(4-2)20-10-13-24(14-11-20)33-18-27(31)32/h3,5-17,29H,4,18,30H2,1-2H3,(H,31,32)/b5-3+,28-25+,29-17?. The van der Waals surface area contributed by atoms with E-state index in [1.807, 2.05) is 43.3 Å². The summed E-state index contributed by atoms with van der Waals surface area (Å²) < 4.78 is 5.28. The number of rotatable bonds is 9. The third-order valence-electron chi connectivity index (χ3n) is 5.31. The fraction of sp³-hybridized carbons (Fsp3) is 0.143. The van der Waals surface area contributed by atoms with Crippen molar-refractivity contribution < 1.29 is 14.6 Å². The molecule has 0 radical (unpaired) electrons. The SMILES string of the molecule is C/C=C/c1ccc(/C(=C(/CC)c2ccc(OCC(=O)O)cc2)c2ccc(N)c(C=N)c2)cc1. The maximum Gasteiger partial charge on any atom is 0.341 e. The van der Waals surface area contributed by atoms with Crippen LogP contribution >= 0.6 is 0 Å². The van der Waals surface area contributed by atoms with E-state index < -0.39 is 5.97 Å². The highest BCUT2D eigenvalue weighted by Crippen LogP contribution is 2.36. The molecule has 0 aliphatic heterocycles. The molecule has 33 heavy (non-hydrogen) atoms. The van der Waals surface area contributed by atoms with Crippen LogP contribution in [-0.2, 0) is 4.79 Å². The predicted molar refractivity (Wildman–Crippen MR) is 136 cm³/mol. The van der Waals surface area contributed by atoms with Crippen LogP contribution in [0.1, 0.15) is 48.1 Å². The summed E-state index contributed by atoms with van der Waals surface area (Å²) >= 11 is 0. The summed E-state index contributed by atoms with van der Waals surface area (Å²) in [7, 11) is 0. The second kappa shape index (κ2) is 11.0. The maximum atomic E-state index is 10.8. The molecule has 168 valence electrons. The van der Waals surface area contributed by atoms with E-state index in [0.29, 0.717) is 17.0 Å². The number of nitrogen functional groups attached to an aromatic ring is 1. The Balaban J connectivity index is 2.16.